The molecular formula is C30H23ClF5N7O2S. The van der Waals surface area contributed by atoms with Gasteiger partial charge in [0, 0.05) is 22.9 Å². The first-order valence-corrected chi connectivity index (χ1v) is 14.5. The first kappa shape index (κ1) is 32.6. The molecule has 0 fully saturated rings. The van der Waals surface area contributed by atoms with Crippen LogP contribution in [0.4, 0.5) is 33.6 Å². The summed E-state index contributed by atoms with van der Waals surface area (Å²) in [6, 6.07) is 3.80. The summed E-state index contributed by atoms with van der Waals surface area (Å²) in [7, 11) is 1.20. The van der Waals surface area contributed by atoms with E-state index in [1.165, 1.54) is 13.3 Å². The molecule has 0 bridgehead atoms. The molecule has 3 heterocycles. The predicted octanol–water partition coefficient (Wildman–Crippen LogP) is 7.14. The molecule has 1 atom stereocenters. The minimum absolute atomic E-state index is 0.0674. The summed E-state index contributed by atoms with van der Waals surface area (Å²) in [6.45, 7) is 6.84. The molecule has 16 heteroatoms. The third-order valence-corrected chi connectivity index (χ3v) is 8.15. The molecule has 4 aromatic rings. The molecule has 0 saturated carbocycles. The van der Waals surface area contributed by atoms with Crippen molar-refractivity contribution in [3.05, 3.63) is 82.0 Å². The van der Waals surface area contributed by atoms with Crippen LogP contribution in [0, 0.1) is 23.0 Å². The summed E-state index contributed by atoms with van der Waals surface area (Å²) in [6.07, 6.45) is -2.17. The Morgan fingerprint density at radius 2 is 2.07 bits per heavy atom. The standard InChI is InChI=1S/C30H23ClF5N7O2S/c1-4-5-19(16-10-14(31)12-40-27(16)39)43-8-9-45-25-21-24(41-29(44-3)42-28(21)43)23(33)20(22(25)30(34,35)36)15-6-7-18(32)26(17(15)11-37)46-13(2)38/h4,6-7,10,12,19H,1-2,5,8-9,38H2,3H3,(H2,39,40)/t19-/m1/s1. The highest BCUT2D eigenvalue weighted by atomic mass is 35.5. The molecule has 9 nitrogen and oxygen atoms in total. The number of nitrogens with zero attached hydrogens (tertiary/aromatic N) is 5. The van der Waals surface area contributed by atoms with E-state index in [4.69, 9.17) is 32.5 Å². The number of hydrogen-bond donors (Lipinski definition) is 2. The SMILES string of the molecule is C=CC[C@H](c1cc(Cl)cnc1N)N1CCOc2c(C(F)(F)F)c(-c3ccc(F)c(SC(=C)N)c3C#N)c(F)c3nc(OC)nc1c23. The van der Waals surface area contributed by atoms with Crippen LogP contribution in [0.1, 0.15) is 29.2 Å². The van der Waals surface area contributed by atoms with Gasteiger partial charge in [-0.1, -0.05) is 36.0 Å². The second-order valence-corrected chi connectivity index (χ2v) is 11.4. The van der Waals surface area contributed by atoms with Gasteiger partial charge in [-0.2, -0.15) is 28.4 Å². The maximum Gasteiger partial charge on any atom is 0.420 e. The maximum absolute atomic E-state index is 16.8. The van der Waals surface area contributed by atoms with Crippen LogP contribution in [-0.2, 0) is 6.18 Å². The maximum atomic E-state index is 16.8. The summed E-state index contributed by atoms with van der Waals surface area (Å²) < 4.78 is 88.0. The number of nitriles is 1. The topological polar surface area (TPSA) is 136 Å². The Balaban J connectivity index is 1.93. The molecule has 0 aliphatic carbocycles. The lowest BCUT2D eigenvalue weighted by Crippen LogP contribution is -2.33. The van der Waals surface area contributed by atoms with Crippen molar-refractivity contribution in [2.75, 3.05) is 30.9 Å². The van der Waals surface area contributed by atoms with Crippen molar-refractivity contribution in [2.24, 2.45) is 5.73 Å². The molecule has 0 amide bonds. The molecule has 238 valence electrons. The normalized spacial score (nSPS) is 13.5. The average Bonchev–Trinajstić information content (AvgIpc) is 3.18. The molecule has 0 unspecified atom stereocenters. The number of halogens is 6. The van der Waals surface area contributed by atoms with E-state index in [2.05, 4.69) is 28.1 Å². The number of benzene rings is 2. The van der Waals surface area contributed by atoms with Crippen molar-refractivity contribution in [1.82, 2.24) is 15.0 Å². The van der Waals surface area contributed by atoms with Gasteiger partial charge >= 0.3 is 12.2 Å². The van der Waals surface area contributed by atoms with Gasteiger partial charge in [0.05, 0.1) is 45.6 Å². The number of ether oxygens (including phenoxy) is 2. The van der Waals surface area contributed by atoms with E-state index in [9.17, 15) is 9.65 Å². The number of hydrogen-bond acceptors (Lipinski definition) is 10. The average molecular weight is 676 g/mol. The quantitative estimate of drug-likeness (QED) is 0.113. The van der Waals surface area contributed by atoms with E-state index < -0.39 is 67.7 Å². The molecule has 5 rings (SSSR count). The molecule has 4 N–H and O–H groups in total. The molecule has 46 heavy (non-hydrogen) atoms. The van der Waals surface area contributed by atoms with Crippen LogP contribution < -0.4 is 25.8 Å². The number of aromatic nitrogens is 3. The number of pyridine rings is 1. The zero-order chi connectivity index (χ0) is 33.5. The Hall–Kier alpha value is -4.81. The Labute approximate surface area is 268 Å². The Bertz CT molecular complexity index is 1950. The molecule has 0 radical (unpaired) electrons. The Morgan fingerprint density at radius 3 is 2.70 bits per heavy atom. The van der Waals surface area contributed by atoms with Gasteiger partial charge in [-0.05, 0) is 24.6 Å². The number of nitrogens with two attached hydrogens (primary N) is 2. The highest BCUT2D eigenvalue weighted by molar-refractivity contribution is 8.03. The van der Waals surface area contributed by atoms with Crippen molar-refractivity contribution in [3.8, 4) is 29.0 Å². The van der Waals surface area contributed by atoms with Gasteiger partial charge in [0.2, 0.25) is 0 Å². The van der Waals surface area contributed by atoms with Gasteiger partial charge in [-0.3, -0.25) is 0 Å². The summed E-state index contributed by atoms with van der Waals surface area (Å²) in [4.78, 5) is 13.7. The second kappa shape index (κ2) is 12.5. The lowest BCUT2D eigenvalue weighted by Gasteiger charge is -2.32. The van der Waals surface area contributed by atoms with Crippen molar-refractivity contribution < 1.29 is 31.4 Å². The van der Waals surface area contributed by atoms with E-state index in [-0.39, 0.29) is 47.3 Å². The minimum atomic E-state index is -5.25. The highest BCUT2D eigenvalue weighted by Gasteiger charge is 2.44. The predicted molar refractivity (Wildman–Crippen MR) is 164 cm³/mol. The highest BCUT2D eigenvalue weighted by Crippen LogP contribution is 2.53. The van der Waals surface area contributed by atoms with Crippen molar-refractivity contribution in [1.29, 1.82) is 5.26 Å². The van der Waals surface area contributed by atoms with Gasteiger partial charge in [-0.25, -0.2) is 13.8 Å². The Morgan fingerprint density at radius 1 is 1.33 bits per heavy atom. The van der Waals surface area contributed by atoms with E-state index >= 15 is 17.6 Å². The molecule has 0 spiro atoms. The second-order valence-electron chi connectivity index (χ2n) is 9.84. The first-order valence-electron chi connectivity index (χ1n) is 13.3. The summed E-state index contributed by atoms with van der Waals surface area (Å²) >= 11 is 6.73. The van der Waals surface area contributed by atoms with Crippen molar-refractivity contribution in [3.63, 3.8) is 0 Å². The number of thioether (sulfide) groups is 1. The van der Waals surface area contributed by atoms with Crippen LogP contribution in [0.3, 0.4) is 0 Å². The van der Waals surface area contributed by atoms with Crippen molar-refractivity contribution in [2.45, 2.75) is 23.5 Å². The van der Waals surface area contributed by atoms with E-state index in [1.807, 2.05) is 0 Å². The van der Waals surface area contributed by atoms with Gasteiger partial charge in [-0.15, -0.1) is 6.58 Å². The fourth-order valence-corrected chi connectivity index (χ4v) is 6.16. The number of alkyl halides is 3. The fraction of sp³-hybridized carbons (Fsp3) is 0.200. The molecule has 2 aromatic heterocycles. The van der Waals surface area contributed by atoms with E-state index in [0.29, 0.717) is 17.3 Å². The minimum Gasteiger partial charge on any atom is -0.490 e. The van der Waals surface area contributed by atoms with Crippen molar-refractivity contribution >= 4 is 45.9 Å². The summed E-state index contributed by atoms with van der Waals surface area (Å²) in [5, 5.41) is 9.66. The molecule has 0 saturated heterocycles. The third kappa shape index (κ3) is 5.69. The zero-order valence-corrected chi connectivity index (χ0v) is 25.5. The van der Waals surface area contributed by atoms with Gasteiger partial charge in [0.25, 0.3) is 0 Å². The first-order chi connectivity index (χ1) is 21.8. The van der Waals surface area contributed by atoms with E-state index in [0.717, 1.165) is 12.1 Å². The number of nitrogen functional groups attached to an aromatic ring is 1. The third-order valence-electron chi connectivity index (χ3n) is 7.08. The van der Waals surface area contributed by atoms with Crippen LogP contribution in [0.2, 0.25) is 5.02 Å². The van der Waals surface area contributed by atoms with Crippen LogP contribution in [0.25, 0.3) is 22.0 Å². The zero-order valence-electron chi connectivity index (χ0n) is 23.9. The number of anilines is 2. The Kier molecular flexibility index (Phi) is 8.87. The lowest BCUT2D eigenvalue weighted by atomic mass is 9.91. The number of methoxy groups -OCH3 is 1. The molecular weight excluding hydrogens is 653 g/mol. The van der Waals surface area contributed by atoms with Gasteiger partial charge in [0.15, 0.2) is 5.82 Å². The number of rotatable bonds is 8. The van der Waals surface area contributed by atoms with Gasteiger partial charge < -0.3 is 25.8 Å². The molecule has 1 aliphatic heterocycles. The van der Waals surface area contributed by atoms with Crippen LogP contribution in [0.15, 0.2) is 53.6 Å². The van der Waals surface area contributed by atoms with Crippen LogP contribution in [0.5, 0.6) is 11.8 Å². The molecule has 1 aliphatic rings. The summed E-state index contributed by atoms with van der Waals surface area (Å²) in [5.74, 6) is -3.31. The van der Waals surface area contributed by atoms with Crippen LogP contribution >= 0.6 is 23.4 Å². The monoisotopic (exact) mass is 675 g/mol. The molecule has 2 aromatic carbocycles. The van der Waals surface area contributed by atoms with E-state index in [1.54, 1.807) is 23.1 Å². The largest absolute Gasteiger partial charge is 0.490 e. The van der Waals surface area contributed by atoms with Crippen LogP contribution in [-0.4, -0.2) is 35.2 Å². The summed E-state index contributed by atoms with van der Waals surface area (Å²) in [5.41, 5.74) is 7.80. The fourth-order valence-electron chi connectivity index (χ4n) is 5.31. The van der Waals surface area contributed by atoms with Gasteiger partial charge in [0.1, 0.15) is 47.0 Å². The smallest absolute Gasteiger partial charge is 0.420 e. The lowest BCUT2D eigenvalue weighted by molar-refractivity contribution is -0.138.